The van der Waals surface area contributed by atoms with Gasteiger partial charge in [0.05, 0.1) is 53.1 Å². The van der Waals surface area contributed by atoms with Crippen molar-refractivity contribution in [1.29, 1.82) is 0 Å². The lowest BCUT2D eigenvalue weighted by molar-refractivity contribution is -0.386. The van der Waals surface area contributed by atoms with Crippen molar-refractivity contribution in [1.82, 2.24) is 19.6 Å². The summed E-state index contributed by atoms with van der Waals surface area (Å²) < 4.78 is 48.7. The van der Waals surface area contributed by atoms with Crippen molar-refractivity contribution in [2.24, 2.45) is 5.41 Å². The van der Waals surface area contributed by atoms with Gasteiger partial charge in [0, 0.05) is 73.6 Å². The van der Waals surface area contributed by atoms with Crippen molar-refractivity contribution in [3.8, 4) is 11.5 Å². The second-order valence-electron chi connectivity index (χ2n) is 16.4. The number of hydrogen-bond donors (Lipinski definition) is 2. The summed E-state index contributed by atoms with van der Waals surface area (Å²) in [5.41, 5.74) is 5.55. The first-order valence-corrected chi connectivity index (χ1v) is 22.2. The van der Waals surface area contributed by atoms with Crippen molar-refractivity contribution in [3.63, 3.8) is 0 Å². The SMILES string of the molecule is O=C(NS(=O)c1cc(F)c(C[C@H]2COCCO2)c([N+](=O)[O-])c1)c1ccc(N2CCN(CC3=C(c4ccc(Cl)cc4)CC4(CCC4)CC3)CC2)cc1Oc1cnc2[nH]ccc2c1. The van der Waals surface area contributed by atoms with Crippen LogP contribution in [0.15, 0.2) is 89.6 Å². The zero-order chi connectivity index (χ0) is 42.1. The molecule has 16 heteroatoms. The highest BCUT2D eigenvalue weighted by atomic mass is 35.5. The van der Waals surface area contributed by atoms with E-state index in [1.54, 1.807) is 30.6 Å². The van der Waals surface area contributed by atoms with E-state index in [-0.39, 0.29) is 34.8 Å². The number of nitro groups is 1. The number of aromatic nitrogens is 2. The summed E-state index contributed by atoms with van der Waals surface area (Å²) in [6.45, 7) is 4.95. The topological polar surface area (TPSA) is 152 Å². The molecule has 13 nitrogen and oxygen atoms in total. The van der Waals surface area contributed by atoms with E-state index in [2.05, 4.69) is 36.6 Å². The normalized spacial score (nSPS) is 19.8. The number of piperazine rings is 1. The van der Waals surface area contributed by atoms with E-state index in [1.165, 1.54) is 42.4 Å². The maximum Gasteiger partial charge on any atom is 0.276 e. The van der Waals surface area contributed by atoms with Gasteiger partial charge in [-0.25, -0.2) is 13.6 Å². The molecular formula is C45H46ClFN6O7S. The zero-order valence-electron chi connectivity index (χ0n) is 33.5. The highest BCUT2D eigenvalue weighted by molar-refractivity contribution is 7.83. The van der Waals surface area contributed by atoms with Crippen LogP contribution in [0.3, 0.4) is 0 Å². The molecule has 3 aromatic carbocycles. The molecule has 2 atom stereocenters. The van der Waals surface area contributed by atoms with E-state index in [0.29, 0.717) is 30.0 Å². The van der Waals surface area contributed by atoms with Crippen LogP contribution in [0.25, 0.3) is 16.6 Å². The number of ether oxygens (including phenoxy) is 3. The Kier molecular flexibility index (Phi) is 11.9. The van der Waals surface area contributed by atoms with Crippen LogP contribution in [-0.4, -0.2) is 88.6 Å². The number of rotatable bonds is 12. The van der Waals surface area contributed by atoms with Crippen molar-refractivity contribution >= 4 is 56.5 Å². The molecule has 318 valence electrons. The van der Waals surface area contributed by atoms with E-state index in [4.69, 9.17) is 25.8 Å². The maximum absolute atomic E-state index is 15.5. The molecule has 0 radical (unpaired) electrons. The van der Waals surface area contributed by atoms with Gasteiger partial charge in [0.1, 0.15) is 23.0 Å². The molecule has 1 unspecified atom stereocenters. The molecule has 3 fully saturated rings. The molecule has 4 heterocycles. The molecule has 0 bridgehead atoms. The Morgan fingerprint density at radius 1 is 1.07 bits per heavy atom. The number of benzene rings is 3. The second-order valence-corrected chi connectivity index (χ2v) is 18.0. The molecule has 5 aromatic rings. The lowest BCUT2D eigenvalue weighted by atomic mass is 9.59. The third-order valence-electron chi connectivity index (χ3n) is 12.6. The number of allylic oxidation sites excluding steroid dienone is 1. The van der Waals surface area contributed by atoms with Gasteiger partial charge in [0.25, 0.3) is 11.6 Å². The molecule has 1 amide bonds. The average Bonchev–Trinajstić information content (AvgIpc) is 3.73. The summed E-state index contributed by atoms with van der Waals surface area (Å²) in [5, 5.41) is 13.6. The Morgan fingerprint density at radius 2 is 1.89 bits per heavy atom. The molecule has 2 aromatic heterocycles. The number of H-pyrrole nitrogens is 1. The minimum Gasteiger partial charge on any atom is -0.455 e. The van der Waals surface area contributed by atoms with Crippen LogP contribution in [0.1, 0.15) is 60.0 Å². The number of fused-ring (bicyclic) bond motifs is 1. The predicted molar refractivity (Wildman–Crippen MR) is 231 cm³/mol. The molecule has 2 aliphatic heterocycles. The highest BCUT2D eigenvalue weighted by Crippen LogP contribution is 2.55. The van der Waals surface area contributed by atoms with Crippen molar-refractivity contribution in [2.75, 3.05) is 57.4 Å². The number of aromatic amines is 1. The van der Waals surface area contributed by atoms with Gasteiger partial charge in [0.2, 0.25) is 0 Å². The summed E-state index contributed by atoms with van der Waals surface area (Å²) in [6, 6.07) is 19.1. The molecule has 2 saturated heterocycles. The summed E-state index contributed by atoms with van der Waals surface area (Å²) in [5.74, 6) is -1.13. The van der Waals surface area contributed by atoms with Crippen LogP contribution < -0.4 is 14.4 Å². The van der Waals surface area contributed by atoms with Crippen molar-refractivity contribution in [3.05, 3.63) is 122 Å². The first-order chi connectivity index (χ1) is 29.6. The average molecular weight is 869 g/mol. The van der Waals surface area contributed by atoms with E-state index < -0.39 is 39.4 Å². The number of amides is 1. The first-order valence-electron chi connectivity index (χ1n) is 20.7. The van der Waals surface area contributed by atoms with E-state index in [1.807, 2.05) is 24.3 Å². The van der Waals surface area contributed by atoms with Crippen LogP contribution in [0, 0.1) is 21.3 Å². The molecular weight excluding hydrogens is 823 g/mol. The van der Waals surface area contributed by atoms with Gasteiger partial charge in [-0.15, -0.1) is 0 Å². The van der Waals surface area contributed by atoms with Gasteiger partial charge in [-0.2, -0.15) is 0 Å². The Balaban J connectivity index is 0.929. The molecule has 1 saturated carbocycles. The predicted octanol–water partition coefficient (Wildman–Crippen LogP) is 8.40. The van der Waals surface area contributed by atoms with Crippen LogP contribution in [0.2, 0.25) is 5.02 Å². The fraction of sp³-hybridized carbons (Fsp3) is 0.378. The van der Waals surface area contributed by atoms with Crippen LogP contribution in [-0.2, 0) is 26.9 Å². The minimum atomic E-state index is -2.37. The Labute approximate surface area is 360 Å². The van der Waals surface area contributed by atoms with Gasteiger partial charge >= 0.3 is 0 Å². The highest BCUT2D eigenvalue weighted by Gasteiger charge is 2.41. The number of nitrogens with zero attached hydrogens (tertiary/aromatic N) is 4. The van der Waals surface area contributed by atoms with Gasteiger partial charge in [0.15, 0.2) is 11.0 Å². The number of carbonyl (C=O) groups is 1. The summed E-state index contributed by atoms with van der Waals surface area (Å²) in [4.78, 5) is 37.2. The number of nitrogens with one attached hydrogen (secondary N) is 2. The molecule has 4 aliphatic rings. The smallest absolute Gasteiger partial charge is 0.276 e. The Hall–Kier alpha value is -5.19. The molecule has 2 aliphatic carbocycles. The Bertz CT molecular complexity index is 2510. The van der Waals surface area contributed by atoms with Crippen molar-refractivity contribution in [2.45, 2.75) is 55.9 Å². The fourth-order valence-corrected chi connectivity index (χ4v) is 10.0. The largest absolute Gasteiger partial charge is 0.455 e. The first kappa shape index (κ1) is 41.2. The second kappa shape index (κ2) is 17.7. The Morgan fingerprint density at radius 3 is 2.62 bits per heavy atom. The number of hydrogen-bond acceptors (Lipinski definition) is 10. The number of carbonyl (C=O) groups excluding carboxylic acids is 1. The number of pyridine rings is 1. The number of anilines is 1. The number of nitro benzene ring substituents is 1. The van der Waals surface area contributed by atoms with E-state index in [0.717, 1.165) is 73.8 Å². The van der Waals surface area contributed by atoms with Gasteiger partial charge in [-0.3, -0.25) is 24.5 Å². The van der Waals surface area contributed by atoms with Gasteiger partial charge in [-0.05, 0) is 91.1 Å². The molecule has 2 N–H and O–H groups in total. The van der Waals surface area contributed by atoms with E-state index in [9.17, 15) is 19.1 Å². The van der Waals surface area contributed by atoms with Gasteiger partial charge in [-0.1, -0.05) is 35.7 Å². The third kappa shape index (κ3) is 9.07. The number of halogens is 2. The summed E-state index contributed by atoms with van der Waals surface area (Å²) >= 11 is 6.27. The van der Waals surface area contributed by atoms with Crippen LogP contribution in [0.5, 0.6) is 11.5 Å². The van der Waals surface area contributed by atoms with Crippen molar-refractivity contribution < 1.29 is 32.5 Å². The van der Waals surface area contributed by atoms with Crippen LogP contribution in [0.4, 0.5) is 15.8 Å². The minimum absolute atomic E-state index is 0.0640. The maximum atomic E-state index is 15.5. The van der Waals surface area contributed by atoms with Crippen LogP contribution >= 0.6 is 11.6 Å². The third-order valence-corrected chi connectivity index (χ3v) is 13.9. The fourth-order valence-electron chi connectivity index (χ4n) is 9.06. The van der Waals surface area contributed by atoms with E-state index >= 15 is 4.39 Å². The molecule has 1 spiro atoms. The lowest BCUT2D eigenvalue weighted by Crippen LogP contribution is -2.47. The monoisotopic (exact) mass is 868 g/mol. The standard InChI is InChI=1S/C45H46ClFN6O7S/c46-32-4-2-29(3-5-32)39-25-45(10-1-11-45)12-8-31(39)27-51-14-16-52(17-15-51)33-6-7-37(42(21-33)60-34-20-30-9-13-48-43(30)49-26-34)44(54)50-61(57)36-23-40(47)38(41(24-36)53(55)56)22-35-28-58-18-19-59-35/h2-7,9,13,20-21,23-24,26,35H,1,8,10-12,14-19,22,25,27-28H2,(H,48,49)(H,50,54)/t35-,61?/m0/s1. The molecule has 9 rings (SSSR count). The van der Waals surface area contributed by atoms with Gasteiger partial charge < -0.3 is 24.1 Å². The summed E-state index contributed by atoms with van der Waals surface area (Å²) in [6.07, 6.45) is 10.1. The summed E-state index contributed by atoms with van der Waals surface area (Å²) in [7, 11) is -2.37. The lowest BCUT2D eigenvalue weighted by Gasteiger charge is -2.47. The molecule has 61 heavy (non-hydrogen) atoms. The zero-order valence-corrected chi connectivity index (χ0v) is 35.1. The quantitative estimate of drug-likeness (QED) is 0.0924.